The smallest absolute Gasteiger partial charge is 0.126 e. The van der Waals surface area contributed by atoms with Gasteiger partial charge in [0.1, 0.15) is 5.82 Å². The summed E-state index contributed by atoms with van der Waals surface area (Å²) in [5.41, 5.74) is 2.04. The molecule has 1 unspecified atom stereocenters. The average molecular weight is 223 g/mol. The molecule has 0 bridgehead atoms. The Morgan fingerprint density at radius 2 is 2.00 bits per heavy atom. The molecule has 0 fully saturated rings. The van der Waals surface area contributed by atoms with Gasteiger partial charge in [0.15, 0.2) is 0 Å². The Morgan fingerprint density at radius 1 is 1.38 bits per heavy atom. The van der Waals surface area contributed by atoms with Crippen LogP contribution in [0.15, 0.2) is 18.2 Å². The van der Waals surface area contributed by atoms with E-state index >= 15 is 0 Å². The quantitative estimate of drug-likeness (QED) is 0.818. The minimum absolute atomic E-state index is 0.132. The highest BCUT2D eigenvalue weighted by Gasteiger charge is 2.27. The van der Waals surface area contributed by atoms with E-state index in [0.29, 0.717) is 5.56 Å². The molecule has 0 heterocycles. The predicted molar refractivity (Wildman–Crippen MR) is 67.0 cm³/mol. The van der Waals surface area contributed by atoms with Crippen molar-refractivity contribution in [1.29, 1.82) is 0 Å². The van der Waals surface area contributed by atoms with Gasteiger partial charge in [0.05, 0.1) is 0 Å². The second-order valence-electron chi connectivity index (χ2n) is 5.07. The second kappa shape index (κ2) is 4.96. The molecule has 0 amide bonds. The summed E-state index contributed by atoms with van der Waals surface area (Å²) in [6.07, 6.45) is 1.08. The van der Waals surface area contributed by atoms with Crippen LogP contribution in [0, 0.1) is 18.2 Å². The molecule has 0 aliphatic heterocycles. The van der Waals surface area contributed by atoms with Gasteiger partial charge in [-0.3, -0.25) is 0 Å². The van der Waals surface area contributed by atoms with Crippen LogP contribution in [0.2, 0.25) is 0 Å². The van der Waals surface area contributed by atoms with Crippen LogP contribution < -0.4 is 5.32 Å². The predicted octanol–water partition coefficient (Wildman–Crippen LogP) is 3.83. The zero-order valence-electron chi connectivity index (χ0n) is 10.9. The number of aryl methyl sites for hydroxylation is 1. The summed E-state index contributed by atoms with van der Waals surface area (Å²) in [7, 11) is 1.96. The van der Waals surface area contributed by atoms with E-state index in [1.807, 2.05) is 26.1 Å². The van der Waals surface area contributed by atoms with Crippen LogP contribution in [0.5, 0.6) is 0 Å². The van der Waals surface area contributed by atoms with Crippen LogP contribution in [0.25, 0.3) is 0 Å². The van der Waals surface area contributed by atoms with Crippen molar-refractivity contribution in [1.82, 2.24) is 5.32 Å². The molecule has 2 heteroatoms. The van der Waals surface area contributed by atoms with Crippen LogP contribution in [-0.4, -0.2) is 7.05 Å². The van der Waals surface area contributed by atoms with Gasteiger partial charge in [0.25, 0.3) is 0 Å². The molecule has 0 aromatic heterocycles. The first-order valence-corrected chi connectivity index (χ1v) is 5.85. The van der Waals surface area contributed by atoms with Crippen molar-refractivity contribution in [3.8, 4) is 0 Å². The molecular formula is C14H22FN. The topological polar surface area (TPSA) is 12.0 Å². The van der Waals surface area contributed by atoms with Crippen LogP contribution in [0.1, 0.15) is 44.4 Å². The maximum absolute atomic E-state index is 13.2. The number of hydrogen-bond acceptors (Lipinski definition) is 1. The Labute approximate surface area is 98.1 Å². The van der Waals surface area contributed by atoms with Gasteiger partial charge in [-0.2, -0.15) is 0 Å². The molecule has 0 aliphatic carbocycles. The van der Waals surface area contributed by atoms with E-state index in [-0.39, 0.29) is 17.3 Å². The van der Waals surface area contributed by atoms with Gasteiger partial charge < -0.3 is 5.32 Å². The van der Waals surface area contributed by atoms with E-state index in [9.17, 15) is 4.39 Å². The highest BCUT2D eigenvalue weighted by atomic mass is 19.1. The summed E-state index contributed by atoms with van der Waals surface area (Å²) in [5, 5.41) is 3.33. The Morgan fingerprint density at radius 3 is 2.44 bits per heavy atom. The number of hydrogen-bond donors (Lipinski definition) is 1. The molecule has 90 valence electrons. The Kier molecular flexibility index (Phi) is 4.09. The lowest BCUT2D eigenvalue weighted by molar-refractivity contribution is 0.245. The van der Waals surface area contributed by atoms with Gasteiger partial charge in [0.2, 0.25) is 0 Å². The molecule has 1 atom stereocenters. The highest BCUT2D eigenvalue weighted by molar-refractivity contribution is 5.27. The molecule has 1 rings (SSSR count). The van der Waals surface area contributed by atoms with Gasteiger partial charge in [0, 0.05) is 6.04 Å². The Bertz CT molecular complexity index is 358. The highest BCUT2D eigenvalue weighted by Crippen LogP contribution is 2.36. The fraction of sp³-hybridized carbons (Fsp3) is 0.571. The lowest BCUT2D eigenvalue weighted by Crippen LogP contribution is -2.31. The fourth-order valence-corrected chi connectivity index (χ4v) is 2.06. The molecule has 0 radical (unpaired) electrons. The monoisotopic (exact) mass is 223 g/mol. The van der Waals surface area contributed by atoms with E-state index in [0.717, 1.165) is 12.0 Å². The third-order valence-electron chi connectivity index (χ3n) is 3.50. The first-order chi connectivity index (χ1) is 7.42. The average Bonchev–Trinajstić information content (AvgIpc) is 2.24. The second-order valence-corrected chi connectivity index (χ2v) is 5.07. The SMILES string of the molecule is CCC(C)(C)C(NC)c1ccc(F)c(C)c1. The van der Waals surface area contributed by atoms with Crippen LogP contribution in [-0.2, 0) is 0 Å². The minimum Gasteiger partial charge on any atom is -0.313 e. The van der Waals surface area contributed by atoms with Crippen molar-refractivity contribution in [3.63, 3.8) is 0 Å². The summed E-state index contributed by atoms with van der Waals surface area (Å²) in [4.78, 5) is 0. The summed E-state index contributed by atoms with van der Waals surface area (Å²) in [5.74, 6) is -0.132. The van der Waals surface area contributed by atoms with E-state index in [2.05, 4.69) is 26.1 Å². The molecule has 1 nitrogen and oxygen atoms in total. The van der Waals surface area contributed by atoms with Crippen molar-refractivity contribution in [3.05, 3.63) is 35.1 Å². The van der Waals surface area contributed by atoms with E-state index in [4.69, 9.17) is 0 Å². The molecule has 0 spiro atoms. The van der Waals surface area contributed by atoms with Crippen molar-refractivity contribution in [2.24, 2.45) is 5.41 Å². The number of benzene rings is 1. The van der Waals surface area contributed by atoms with Crippen molar-refractivity contribution in [2.45, 2.75) is 40.2 Å². The third kappa shape index (κ3) is 2.62. The fourth-order valence-electron chi connectivity index (χ4n) is 2.06. The van der Waals surface area contributed by atoms with Crippen LogP contribution in [0.4, 0.5) is 4.39 Å². The third-order valence-corrected chi connectivity index (χ3v) is 3.50. The first-order valence-electron chi connectivity index (χ1n) is 5.85. The van der Waals surface area contributed by atoms with Gasteiger partial charge >= 0.3 is 0 Å². The summed E-state index contributed by atoms with van der Waals surface area (Å²) in [6, 6.07) is 5.63. The molecule has 1 aromatic carbocycles. The zero-order chi connectivity index (χ0) is 12.3. The summed E-state index contributed by atoms with van der Waals surface area (Å²) >= 11 is 0. The molecule has 16 heavy (non-hydrogen) atoms. The van der Waals surface area contributed by atoms with Crippen LogP contribution >= 0.6 is 0 Å². The zero-order valence-corrected chi connectivity index (χ0v) is 10.9. The van der Waals surface area contributed by atoms with Crippen molar-refractivity contribution < 1.29 is 4.39 Å². The largest absolute Gasteiger partial charge is 0.313 e. The van der Waals surface area contributed by atoms with Crippen molar-refractivity contribution in [2.75, 3.05) is 7.05 Å². The number of nitrogens with one attached hydrogen (secondary N) is 1. The molecule has 0 saturated carbocycles. The summed E-state index contributed by atoms with van der Waals surface area (Å²) < 4.78 is 13.2. The molecule has 0 saturated heterocycles. The van der Waals surface area contributed by atoms with E-state index in [1.165, 1.54) is 0 Å². The number of rotatable bonds is 4. The molecule has 1 N–H and O–H groups in total. The molecule has 1 aromatic rings. The summed E-state index contributed by atoms with van der Waals surface area (Å²) in [6.45, 7) is 8.45. The van der Waals surface area contributed by atoms with Gasteiger partial charge in [-0.15, -0.1) is 0 Å². The van der Waals surface area contributed by atoms with Gasteiger partial charge in [-0.1, -0.05) is 32.9 Å². The maximum atomic E-state index is 13.2. The lowest BCUT2D eigenvalue weighted by Gasteiger charge is -2.34. The van der Waals surface area contributed by atoms with Crippen molar-refractivity contribution >= 4 is 0 Å². The lowest BCUT2D eigenvalue weighted by atomic mass is 9.78. The standard InChI is InChI=1S/C14H22FN/c1-6-14(3,4)13(16-5)11-7-8-12(15)10(2)9-11/h7-9,13,16H,6H2,1-5H3. The Balaban J connectivity index is 3.09. The minimum atomic E-state index is -0.132. The first kappa shape index (κ1) is 13.2. The van der Waals surface area contributed by atoms with Crippen LogP contribution in [0.3, 0.4) is 0 Å². The van der Waals surface area contributed by atoms with Gasteiger partial charge in [-0.25, -0.2) is 4.39 Å². The Hall–Kier alpha value is -0.890. The van der Waals surface area contributed by atoms with E-state index in [1.54, 1.807) is 6.07 Å². The normalized spacial score (nSPS) is 13.9. The van der Waals surface area contributed by atoms with Gasteiger partial charge in [-0.05, 0) is 43.0 Å². The number of halogens is 1. The maximum Gasteiger partial charge on any atom is 0.126 e. The van der Waals surface area contributed by atoms with E-state index < -0.39 is 0 Å². The molecule has 0 aliphatic rings. The molecular weight excluding hydrogens is 201 g/mol.